The van der Waals surface area contributed by atoms with E-state index in [0.717, 1.165) is 19.3 Å². The predicted molar refractivity (Wildman–Crippen MR) is 97.5 cm³/mol. The number of carboxylic acids is 1. The average Bonchev–Trinajstić information content (AvgIpc) is 3.18. The van der Waals surface area contributed by atoms with Gasteiger partial charge in [0.2, 0.25) is 11.7 Å². The standard InChI is InChI=1S/C20H22N2O5/c23-18(13-21-19(24)16-6-7-17(27-16)20(25)26)22-10-8-15(9-11-22)12-14-4-2-1-3-5-14/h1-7,15H,8-13H2,(H,21,24)(H,25,26). The number of carboxylic acid groups (broad SMARTS) is 1. The number of nitrogens with zero attached hydrogens (tertiary/aromatic N) is 1. The number of rotatable bonds is 6. The molecule has 0 bridgehead atoms. The lowest BCUT2D eigenvalue weighted by Crippen LogP contribution is -2.44. The molecule has 1 aromatic heterocycles. The highest BCUT2D eigenvalue weighted by atomic mass is 16.4. The molecule has 0 atom stereocenters. The number of carbonyl (C=O) groups is 3. The molecule has 142 valence electrons. The van der Waals surface area contributed by atoms with Gasteiger partial charge in [-0.05, 0) is 42.9 Å². The summed E-state index contributed by atoms with van der Waals surface area (Å²) in [4.78, 5) is 36.8. The van der Waals surface area contributed by atoms with Gasteiger partial charge in [0.1, 0.15) is 0 Å². The van der Waals surface area contributed by atoms with Gasteiger partial charge in [0.25, 0.3) is 5.91 Å². The molecule has 1 saturated heterocycles. The Labute approximate surface area is 157 Å². The SMILES string of the molecule is O=C(O)c1ccc(C(=O)NCC(=O)N2CCC(Cc3ccccc3)CC2)o1. The molecule has 0 aliphatic carbocycles. The summed E-state index contributed by atoms with van der Waals surface area (Å²) in [7, 11) is 0. The van der Waals surface area contributed by atoms with E-state index >= 15 is 0 Å². The summed E-state index contributed by atoms with van der Waals surface area (Å²) >= 11 is 0. The van der Waals surface area contributed by atoms with Crippen molar-refractivity contribution in [3.63, 3.8) is 0 Å². The molecule has 1 fully saturated rings. The van der Waals surface area contributed by atoms with Crippen LogP contribution in [-0.4, -0.2) is 47.4 Å². The second kappa shape index (κ2) is 8.53. The van der Waals surface area contributed by atoms with Crippen LogP contribution >= 0.6 is 0 Å². The van der Waals surface area contributed by atoms with Crippen LogP contribution in [-0.2, 0) is 11.2 Å². The van der Waals surface area contributed by atoms with Gasteiger partial charge in [0.15, 0.2) is 5.76 Å². The Balaban J connectivity index is 1.42. The molecule has 2 aromatic rings. The molecule has 2 heterocycles. The van der Waals surface area contributed by atoms with E-state index in [1.807, 2.05) is 18.2 Å². The van der Waals surface area contributed by atoms with Gasteiger partial charge >= 0.3 is 5.97 Å². The van der Waals surface area contributed by atoms with Crippen LogP contribution in [0.1, 0.15) is 39.5 Å². The average molecular weight is 370 g/mol. The third kappa shape index (κ3) is 4.97. The van der Waals surface area contributed by atoms with Crippen molar-refractivity contribution in [2.45, 2.75) is 19.3 Å². The Bertz CT molecular complexity index is 807. The van der Waals surface area contributed by atoms with Gasteiger partial charge in [-0.3, -0.25) is 9.59 Å². The fraction of sp³-hybridized carbons (Fsp3) is 0.350. The first-order valence-electron chi connectivity index (χ1n) is 8.96. The topological polar surface area (TPSA) is 99.8 Å². The molecule has 2 N–H and O–H groups in total. The second-order valence-corrected chi connectivity index (χ2v) is 6.67. The van der Waals surface area contributed by atoms with Crippen molar-refractivity contribution in [1.29, 1.82) is 0 Å². The van der Waals surface area contributed by atoms with Crippen LogP contribution < -0.4 is 5.32 Å². The molecular formula is C20H22N2O5. The number of carbonyl (C=O) groups excluding carboxylic acids is 2. The van der Waals surface area contributed by atoms with Crippen LogP contribution in [0.15, 0.2) is 46.9 Å². The molecule has 0 spiro atoms. The summed E-state index contributed by atoms with van der Waals surface area (Å²) < 4.78 is 4.92. The summed E-state index contributed by atoms with van der Waals surface area (Å²) in [5.74, 6) is -1.87. The van der Waals surface area contributed by atoms with E-state index in [1.54, 1.807) is 4.90 Å². The molecule has 1 aromatic carbocycles. The Kier molecular flexibility index (Phi) is 5.90. The Morgan fingerprint density at radius 2 is 1.70 bits per heavy atom. The van der Waals surface area contributed by atoms with Gasteiger partial charge < -0.3 is 19.7 Å². The zero-order valence-electron chi connectivity index (χ0n) is 14.9. The smallest absolute Gasteiger partial charge is 0.371 e. The minimum atomic E-state index is -1.25. The lowest BCUT2D eigenvalue weighted by atomic mass is 9.90. The zero-order chi connectivity index (χ0) is 19.2. The summed E-state index contributed by atoms with van der Waals surface area (Å²) in [5, 5.41) is 11.3. The van der Waals surface area contributed by atoms with Crippen molar-refractivity contribution in [3.05, 3.63) is 59.5 Å². The highest BCUT2D eigenvalue weighted by Crippen LogP contribution is 2.21. The molecule has 3 rings (SSSR count). The molecule has 7 nitrogen and oxygen atoms in total. The normalized spacial score (nSPS) is 14.7. The number of piperidine rings is 1. The van der Waals surface area contributed by atoms with Crippen LogP contribution in [0.25, 0.3) is 0 Å². The van der Waals surface area contributed by atoms with Gasteiger partial charge in [0, 0.05) is 13.1 Å². The first kappa shape index (κ1) is 18.7. The molecule has 0 saturated carbocycles. The van der Waals surface area contributed by atoms with Crippen LogP contribution in [0.4, 0.5) is 0 Å². The first-order valence-corrected chi connectivity index (χ1v) is 8.96. The number of aromatic carboxylic acids is 1. The summed E-state index contributed by atoms with van der Waals surface area (Å²) in [6.45, 7) is 1.22. The number of hydrogen-bond acceptors (Lipinski definition) is 4. The van der Waals surface area contributed by atoms with E-state index in [2.05, 4.69) is 17.4 Å². The van der Waals surface area contributed by atoms with Crippen molar-refractivity contribution in [3.8, 4) is 0 Å². The van der Waals surface area contributed by atoms with Crippen molar-refractivity contribution >= 4 is 17.8 Å². The van der Waals surface area contributed by atoms with E-state index in [1.165, 1.54) is 17.7 Å². The van der Waals surface area contributed by atoms with E-state index in [-0.39, 0.29) is 24.0 Å². The number of amides is 2. The summed E-state index contributed by atoms with van der Waals surface area (Å²) in [5.41, 5.74) is 1.31. The van der Waals surface area contributed by atoms with Gasteiger partial charge in [-0.2, -0.15) is 0 Å². The van der Waals surface area contributed by atoms with Crippen LogP contribution in [0.3, 0.4) is 0 Å². The van der Waals surface area contributed by atoms with E-state index in [9.17, 15) is 14.4 Å². The van der Waals surface area contributed by atoms with Gasteiger partial charge in [0.05, 0.1) is 6.54 Å². The number of furan rings is 1. The molecule has 0 radical (unpaired) electrons. The highest BCUT2D eigenvalue weighted by Gasteiger charge is 2.23. The van der Waals surface area contributed by atoms with Crippen molar-refractivity contribution in [1.82, 2.24) is 10.2 Å². The fourth-order valence-electron chi connectivity index (χ4n) is 3.26. The highest BCUT2D eigenvalue weighted by molar-refractivity contribution is 5.95. The molecule has 0 unspecified atom stereocenters. The fourth-order valence-corrected chi connectivity index (χ4v) is 3.26. The Hall–Kier alpha value is -3.09. The van der Waals surface area contributed by atoms with Gasteiger partial charge in [-0.1, -0.05) is 30.3 Å². The monoisotopic (exact) mass is 370 g/mol. The summed E-state index contributed by atoms with van der Waals surface area (Å²) in [6.07, 6.45) is 2.90. The maximum absolute atomic E-state index is 12.3. The van der Waals surface area contributed by atoms with E-state index < -0.39 is 11.9 Å². The minimum Gasteiger partial charge on any atom is -0.475 e. The lowest BCUT2D eigenvalue weighted by molar-refractivity contribution is -0.131. The number of hydrogen-bond donors (Lipinski definition) is 2. The van der Waals surface area contributed by atoms with Crippen molar-refractivity contribution in [2.75, 3.05) is 19.6 Å². The minimum absolute atomic E-state index is 0.123. The Morgan fingerprint density at radius 1 is 1.04 bits per heavy atom. The molecule has 1 aliphatic rings. The first-order chi connectivity index (χ1) is 13.0. The Morgan fingerprint density at radius 3 is 2.33 bits per heavy atom. The van der Waals surface area contributed by atoms with Crippen LogP contribution in [0.2, 0.25) is 0 Å². The van der Waals surface area contributed by atoms with Crippen molar-refractivity contribution < 1.29 is 23.9 Å². The second-order valence-electron chi connectivity index (χ2n) is 6.67. The number of likely N-dealkylation sites (tertiary alicyclic amines) is 1. The van der Waals surface area contributed by atoms with E-state index in [4.69, 9.17) is 9.52 Å². The number of benzene rings is 1. The maximum Gasteiger partial charge on any atom is 0.371 e. The predicted octanol–water partition coefficient (Wildman–Crippen LogP) is 2.19. The maximum atomic E-state index is 12.3. The van der Waals surface area contributed by atoms with Crippen LogP contribution in [0, 0.1) is 5.92 Å². The van der Waals surface area contributed by atoms with Crippen LogP contribution in [0.5, 0.6) is 0 Å². The quantitative estimate of drug-likeness (QED) is 0.812. The largest absolute Gasteiger partial charge is 0.475 e. The molecule has 27 heavy (non-hydrogen) atoms. The number of nitrogens with one attached hydrogen (secondary N) is 1. The third-order valence-electron chi connectivity index (χ3n) is 4.78. The lowest BCUT2D eigenvalue weighted by Gasteiger charge is -2.32. The molecule has 2 amide bonds. The summed E-state index contributed by atoms with van der Waals surface area (Å²) in [6, 6.07) is 12.8. The van der Waals surface area contributed by atoms with Gasteiger partial charge in [-0.25, -0.2) is 4.79 Å². The molecule has 1 aliphatic heterocycles. The third-order valence-corrected chi connectivity index (χ3v) is 4.78. The molecule has 7 heteroatoms. The van der Waals surface area contributed by atoms with Crippen molar-refractivity contribution in [2.24, 2.45) is 5.92 Å². The zero-order valence-corrected chi connectivity index (χ0v) is 14.9. The van der Waals surface area contributed by atoms with Gasteiger partial charge in [-0.15, -0.1) is 0 Å². The van der Waals surface area contributed by atoms with E-state index in [0.29, 0.717) is 19.0 Å². The molecular weight excluding hydrogens is 348 g/mol.